The van der Waals surface area contributed by atoms with Crippen LogP contribution in [0.3, 0.4) is 0 Å². The maximum atomic E-state index is 13.5. The van der Waals surface area contributed by atoms with Gasteiger partial charge in [-0.1, -0.05) is 54.0 Å². The van der Waals surface area contributed by atoms with E-state index in [4.69, 9.17) is 8.83 Å². The molecule has 0 N–H and O–H groups in total. The van der Waals surface area contributed by atoms with Gasteiger partial charge in [0.15, 0.2) is 5.43 Å². The van der Waals surface area contributed by atoms with Gasteiger partial charge < -0.3 is 13.7 Å². The fourth-order valence-corrected chi connectivity index (χ4v) is 4.50. The Hall–Kier alpha value is -3.12. The number of hydrogen-bond donors (Lipinski definition) is 0. The summed E-state index contributed by atoms with van der Waals surface area (Å²) < 4.78 is 12.2. The average Bonchev–Trinajstić information content (AvgIpc) is 3.36. The topological polar surface area (TPSA) is 63.7 Å². The van der Waals surface area contributed by atoms with Crippen molar-refractivity contribution in [2.24, 2.45) is 0 Å². The lowest BCUT2D eigenvalue weighted by atomic mass is 9.95. The SMILES string of the molecule is CC(C)c1ccc(C2c3c(oc4ccc(Br)cc4c3=O)C(=O)N2Cc2ccco2)cc1. The van der Waals surface area contributed by atoms with Crippen LogP contribution in [-0.2, 0) is 6.54 Å². The molecule has 3 heterocycles. The summed E-state index contributed by atoms with van der Waals surface area (Å²) in [6.45, 7) is 4.50. The van der Waals surface area contributed by atoms with Gasteiger partial charge in [0.05, 0.1) is 29.8 Å². The highest BCUT2D eigenvalue weighted by Crippen LogP contribution is 2.39. The van der Waals surface area contributed by atoms with Crippen LogP contribution in [0.5, 0.6) is 0 Å². The summed E-state index contributed by atoms with van der Waals surface area (Å²) in [4.78, 5) is 28.6. The summed E-state index contributed by atoms with van der Waals surface area (Å²) in [5, 5.41) is 0.449. The number of amides is 1. The van der Waals surface area contributed by atoms with E-state index in [0.29, 0.717) is 28.2 Å². The minimum Gasteiger partial charge on any atom is -0.467 e. The molecule has 2 aromatic heterocycles. The normalized spacial score (nSPS) is 15.8. The third kappa shape index (κ3) is 3.31. The second-order valence-corrected chi connectivity index (χ2v) is 8.97. The first-order valence-electron chi connectivity index (χ1n) is 10.1. The Morgan fingerprint density at radius 1 is 1.06 bits per heavy atom. The molecule has 5 rings (SSSR count). The van der Waals surface area contributed by atoms with Gasteiger partial charge in [-0.25, -0.2) is 0 Å². The van der Waals surface area contributed by atoms with Crippen molar-refractivity contribution in [1.29, 1.82) is 0 Å². The van der Waals surface area contributed by atoms with Gasteiger partial charge in [-0.15, -0.1) is 0 Å². The van der Waals surface area contributed by atoms with Crippen molar-refractivity contribution < 1.29 is 13.6 Å². The number of carbonyl (C=O) groups is 1. The Kier molecular flexibility index (Phi) is 4.82. The standard InChI is InChI=1S/C25H20BrNO4/c1-14(2)15-5-7-16(8-6-15)22-21-23(28)19-12-17(26)9-10-20(19)31-24(21)25(29)27(22)13-18-4-3-11-30-18/h3-12,14,22H,13H2,1-2H3. The minimum atomic E-state index is -0.548. The van der Waals surface area contributed by atoms with Crippen molar-refractivity contribution in [2.75, 3.05) is 0 Å². The number of halogens is 1. The average molecular weight is 478 g/mol. The first kappa shape index (κ1) is 19.8. The fraction of sp³-hybridized carbons (Fsp3) is 0.200. The highest BCUT2D eigenvalue weighted by molar-refractivity contribution is 9.10. The predicted octanol–water partition coefficient (Wildman–Crippen LogP) is 6.02. The van der Waals surface area contributed by atoms with Crippen molar-refractivity contribution in [3.8, 4) is 0 Å². The second-order valence-electron chi connectivity index (χ2n) is 8.05. The summed E-state index contributed by atoms with van der Waals surface area (Å²) in [5.41, 5.74) is 2.64. The van der Waals surface area contributed by atoms with Gasteiger partial charge >= 0.3 is 0 Å². The maximum Gasteiger partial charge on any atom is 0.291 e. The molecule has 6 heteroatoms. The van der Waals surface area contributed by atoms with Gasteiger partial charge in [-0.2, -0.15) is 0 Å². The Morgan fingerprint density at radius 2 is 1.84 bits per heavy atom. The van der Waals surface area contributed by atoms with Gasteiger partial charge in [0.1, 0.15) is 11.3 Å². The van der Waals surface area contributed by atoms with E-state index in [1.54, 1.807) is 35.4 Å². The van der Waals surface area contributed by atoms with E-state index in [9.17, 15) is 9.59 Å². The summed E-state index contributed by atoms with van der Waals surface area (Å²) >= 11 is 3.42. The van der Waals surface area contributed by atoms with Crippen molar-refractivity contribution in [2.45, 2.75) is 32.4 Å². The summed E-state index contributed by atoms with van der Waals surface area (Å²) in [7, 11) is 0. The van der Waals surface area contributed by atoms with E-state index in [0.717, 1.165) is 10.0 Å². The lowest BCUT2D eigenvalue weighted by Crippen LogP contribution is -2.29. The van der Waals surface area contributed by atoms with Crippen LogP contribution >= 0.6 is 15.9 Å². The van der Waals surface area contributed by atoms with Crippen molar-refractivity contribution in [1.82, 2.24) is 4.90 Å². The van der Waals surface area contributed by atoms with Crippen molar-refractivity contribution in [3.63, 3.8) is 0 Å². The smallest absolute Gasteiger partial charge is 0.291 e. The van der Waals surface area contributed by atoms with Crippen LogP contribution in [0.4, 0.5) is 0 Å². The quantitative estimate of drug-likeness (QED) is 0.360. The third-order valence-corrected chi connectivity index (χ3v) is 6.25. The Morgan fingerprint density at radius 3 is 2.52 bits per heavy atom. The lowest BCUT2D eigenvalue weighted by Gasteiger charge is -2.24. The molecule has 1 aliphatic rings. The van der Waals surface area contributed by atoms with Crippen LogP contribution in [0.15, 0.2) is 79.0 Å². The minimum absolute atomic E-state index is 0.101. The van der Waals surface area contributed by atoms with Gasteiger partial charge in [0.25, 0.3) is 5.91 Å². The van der Waals surface area contributed by atoms with E-state index >= 15 is 0 Å². The first-order chi connectivity index (χ1) is 14.9. The van der Waals surface area contributed by atoms with E-state index in [-0.39, 0.29) is 23.6 Å². The van der Waals surface area contributed by atoms with Crippen LogP contribution < -0.4 is 5.43 Å². The molecule has 0 radical (unpaired) electrons. The Balaban J connectivity index is 1.72. The van der Waals surface area contributed by atoms with E-state index in [2.05, 4.69) is 29.8 Å². The molecule has 1 unspecified atom stereocenters. The molecule has 0 fully saturated rings. The highest BCUT2D eigenvalue weighted by Gasteiger charge is 2.43. The number of furan rings is 1. The number of fused-ring (bicyclic) bond motifs is 2. The van der Waals surface area contributed by atoms with Crippen LogP contribution in [0.2, 0.25) is 0 Å². The molecule has 5 nitrogen and oxygen atoms in total. The molecule has 1 aliphatic heterocycles. The number of carbonyl (C=O) groups excluding carboxylic acids is 1. The molecule has 1 amide bonds. The molecule has 0 aliphatic carbocycles. The number of hydrogen-bond acceptors (Lipinski definition) is 4. The molecule has 4 aromatic rings. The van der Waals surface area contributed by atoms with E-state index < -0.39 is 6.04 Å². The van der Waals surface area contributed by atoms with Crippen molar-refractivity contribution in [3.05, 3.63) is 104 Å². The highest BCUT2D eigenvalue weighted by atomic mass is 79.9. The van der Waals surface area contributed by atoms with Crippen LogP contribution in [0, 0.1) is 0 Å². The van der Waals surface area contributed by atoms with Gasteiger partial charge in [-0.3, -0.25) is 9.59 Å². The molecule has 0 bridgehead atoms. The third-order valence-electron chi connectivity index (χ3n) is 5.75. The van der Waals surface area contributed by atoms with Crippen LogP contribution in [0.25, 0.3) is 11.0 Å². The molecular formula is C25H20BrNO4. The number of nitrogens with zero attached hydrogens (tertiary/aromatic N) is 1. The molecule has 0 spiro atoms. The Bertz CT molecular complexity index is 1340. The zero-order chi connectivity index (χ0) is 21.7. The largest absolute Gasteiger partial charge is 0.467 e. The zero-order valence-corrected chi connectivity index (χ0v) is 18.7. The molecule has 1 atom stereocenters. The fourth-order valence-electron chi connectivity index (χ4n) is 4.14. The summed E-state index contributed by atoms with van der Waals surface area (Å²) in [6.07, 6.45) is 1.57. The van der Waals surface area contributed by atoms with E-state index in [1.165, 1.54) is 5.56 Å². The Labute approximate surface area is 187 Å². The van der Waals surface area contributed by atoms with Crippen LogP contribution in [0.1, 0.15) is 58.8 Å². The monoisotopic (exact) mass is 477 g/mol. The summed E-state index contributed by atoms with van der Waals surface area (Å²) in [5.74, 6) is 0.817. The van der Waals surface area contributed by atoms with Crippen molar-refractivity contribution >= 4 is 32.8 Å². The predicted molar refractivity (Wildman–Crippen MR) is 121 cm³/mol. The zero-order valence-electron chi connectivity index (χ0n) is 17.1. The molecule has 156 valence electrons. The molecule has 0 saturated heterocycles. The number of benzene rings is 2. The van der Waals surface area contributed by atoms with E-state index in [1.807, 2.05) is 30.3 Å². The lowest BCUT2D eigenvalue weighted by molar-refractivity contribution is 0.0701. The van der Waals surface area contributed by atoms with Crippen LogP contribution in [-0.4, -0.2) is 10.8 Å². The summed E-state index contributed by atoms with van der Waals surface area (Å²) in [6, 6.07) is 16.4. The first-order valence-corrected chi connectivity index (χ1v) is 10.9. The van der Waals surface area contributed by atoms with Gasteiger partial charge in [0.2, 0.25) is 5.76 Å². The maximum absolute atomic E-state index is 13.5. The second kappa shape index (κ2) is 7.54. The number of rotatable bonds is 4. The van der Waals surface area contributed by atoms with Gasteiger partial charge in [-0.05, 0) is 47.4 Å². The molecule has 0 saturated carbocycles. The van der Waals surface area contributed by atoms with Gasteiger partial charge in [0, 0.05) is 4.47 Å². The molecular weight excluding hydrogens is 458 g/mol. The molecule has 31 heavy (non-hydrogen) atoms. The molecule has 2 aromatic carbocycles.